The third-order valence-corrected chi connectivity index (χ3v) is 8.67. The molecule has 0 radical (unpaired) electrons. The number of likely N-dealkylation sites (tertiary alicyclic amines) is 1. The molecule has 1 fully saturated rings. The molecule has 2 atom stereocenters. The molecule has 4 rings (SSSR count). The number of benzene rings is 3. The highest BCUT2D eigenvalue weighted by Crippen LogP contribution is 2.44. The van der Waals surface area contributed by atoms with E-state index < -0.39 is 17.5 Å². The fourth-order valence-corrected chi connectivity index (χ4v) is 6.28. The number of nitrogens with one attached hydrogen (secondary N) is 2. The van der Waals surface area contributed by atoms with Gasteiger partial charge in [-0.15, -0.1) is 0 Å². The Kier molecular flexibility index (Phi) is 12.3. The van der Waals surface area contributed by atoms with Crippen LogP contribution in [-0.2, 0) is 21.7 Å². The van der Waals surface area contributed by atoms with Crippen LogP contribution in [0, 0.1) is 18.7 Å². The second-order valence-corrected chi connectivity index (χ2v) is 12.0. The molecule has 9 nitrogen and oxygen atoms in total. The van der Waals surface area contributed by atoms with E-state index in [-0.39, 0.29) is 30.7 Å². The van der Waals surface area contributed by atoms with Crippen molar-refractivity contribution in [3.8, 4) is 11.1 Å². The van der Waals surface area contributed by atoms with Crippen LogP contribution in [0.4, 0.5) is 9.18 Å². The average Bonchev–Trinajstić information content (AvgIpc) is 3.06. The van der Waals surface area contributed by atoms with Crippen molar-refractivity contribution in [3.63, 3.8) is 0 Å². The number of nitrogens with zero attached hydrogens (tertiary/aromatic N) is 1. The molecule has 5 N–H and O–H groups in total. The number of hydrogen-bond donors (Lipinski definition) is 4. The van der Waals surface area contributed by atoms with Crippen LogP contribution in [0.25, 0.3) is 11.1 Å². The Bertz CT molecular complexity index is 1500. The number of alkyl carbamates (subject to hydrolysis) is 1. The van der Waals surface area contributed by atoms with Gasteiger partial charge in [-0.25, -0.2) is 9.18 Å². The summed E-state index contributed by atoms with van der Waals surface area (Å²) in [6.07, 6.45) is 2.43. The van der Waals surface area contributed by atoms with Crippen LogP contribution >= 0.6 is 0 Å². The van der Waals surface area contributed by atoms with E-state index in [4.69, 9.17) is 5.73 Å². The van der Waals surface area contributed by atoms with Gasteiger partial charge < -0.3 is 31.1 Å². The number of primary amides is 1. The van der Waals surface area contributed by atoms with Crippen LogP contribution in [0.3, 0.4) is 0 Å². The van der Waals surface area contributed by atoms with Crippen molar-refractivity contribution >= 4 is 17.9 Å². The van der Waals surface area contributed by atoms with E-state index >= 15 is 4.39 Å². The molecule has 0 bridgehead atoms. The van der Waals surface area contributed by atoms with Crippen LogP contribution in [-0.4, -0.2) is 61.2 Å². The summed E-state index contributed by atoms with van der Waals surface area (Å²) in [6, 6.07) is 19.8. The van der Waals surface area contributed by atoms with E-state index in [0.717, 1.165) is 11.1 Å². The molecule has 46 heavy (non-hydrogen) atoms. The van der Waals surface area contributed by atoms with Gasteiger partial charge in [0.25, 0.3) is 5.91 Å². The highest BCUT2D eigenvalue weighted by molar-refractivity contribution is 5.94. The van der Waals surface area contributed by atoms with Gasteiger partial charge in [-0.3, -0.25) is 9.59 Å². The van der Waals surface area contributed by atoms with Crippen molar-refractivity contribution in [2.24, 2.45) is 11.7 Å². The van der Waals surface area contributed by atoms with Crippen molar-refractivity contribution in [3.05, 3.63) is 94.8 Å². The topological polar surface area (TPSA) is 134 Å². The van der Waals surface area contributed by atoms with Gasteiger partial charge in [0.1, 0.15) is 5.82 Å². The van der Waals surface area contributed by atoms with E-state index in [1.54, 1.807) is 29.2 Å². The summed E-state index contributed by atoms with van der Waals surface area (Å²) in [5.74, 6) is -1.25. The molecule has 10 heteroatoms. The van der Waals surface area contributed by atoms with Crippen molar-refractivity contribution in [2.75, 3.05) is 33.3 Å². The number of aliphatic hydroxyl groups is 1. The normalized spacial score (nSPS) is 16.0. The van der Waals surface area contributed by atoms with Gasteiger partial charge in [-0.05, 0) is 80.5 Å². The van der Waals surface area contributed by atoms with E-state index in [1.807, 2.05) is 43.3 Å². The number of carbonyl (C=O) groups excluding carboxylic acids is 3. The molecule has 3 aromatic rings. The molecule has 0 spiro atoms. The van der Waals surface area contributed by atoms with E-state index in [9.17, 15) is 19.5 Å². The molecule has 1 aliphatic rings. The molecular weight excluding hydrogens is 587 g/mol. The highest BCUT2D eigenvalue weighted by Gasteiger charge is 2.43. The van der Waals surface area contributed by atoms with Gasteiger partial charge in [0.2, 0.25) is 5.91 Å². The Balaban J connectivity index is 1.56. The summed E-state index contributed by atoms with van der Waals surface area (Å²) < 4.78 is 20.3. The monoisotopic (exact) mass is 632 g/mol. The first-order valence-corrected chi connectivity index (χ1v) is 15.9. The molecule has 0 aromatic heterocycles. The predicted octanol–water partition coefficient (Wildman–Crippen LogP) is 5.03. The molecule has 1 saturated heterocycles. The zero-order valence-corrected chi connectivity index (χ0v) is 26.7. The molecule has 1 heterocycles. The van der Waals surface area contributed by atoms with Crippen LogP contribution in [0.15, 0.2) is 66.7 Å². The molecule has 3 aromatic carbocycles. The number of hydrogen-bond acceptors (Lipinski definition) is 6. The predicted molar refractivity (Wildman–Crippen MR) is 175 cm³/mol. The third kappa shape index (κ3) is 8.92. The fraction of sp³-hybridized carbons (Fsp3) is 0.417. The van der Waals surface area contributed by atoms with E-state index in [0.29, 0.717) is 80.5 Å². The van der Waals surface area contributed by atoms with Crippen molar-refractivity contribution < 1.29 is 28.6 Å². The number of nitrogens with two attached hydrogens (primary N) is 1. The average molecular weight is 633 g/mol. The van der Waals surface area contributed by atoms with E-state index in [1.165, 1.54) is 13.2 Å². The maximum absolute atomic E-state index is 15.6. The second kappa shape index (κ2) is 16.3. The first-order valence-electron chi connectivity index (χ1n) is 15.9. The Morgan fingerprint density at radius 1 is 1.07 bits per heavy atom. The lowest BCUT2D eigenvalue weighted by atomic mass is 9.72. The molecule has 1 aliphatic heterocycles. The summed E-state index contributed by atoms with van der Waals surface area (Å²) in [7, 11) is 1.29. The minimum Gasteiger partial charge on any atom is -0.453 e. The lowest BCUT2D eigenvalue weighted by molar-refractivity contribution is -0.118. The largest absolute Gasteiger partial charge is 0.453 e. The highest BCUT2D eigenvalue weighted by atomic mass is 19.1. The fourth-order valence-electron chi connectivity index (χ4n) is 6.28. The zero-order chi connectivity index (χ0) is 33.1. The van der Waals surface area contributed by atoms with Gasteiger partial charge in [0, 0.05) is 49.6 Å². The summed E-state index contributed by atoms with van der Waals surface area (Å²) in [6.45, 7) is 4.32. The van der Waals surface area contributed by atoms with E-state index in [2.05, 4.69) is 15.4 Å². The molecule has 0 saturated carbocycles. The molecular formula is C36H45FN4O5. The van der Waals surface area contributed by atoms with Gasteiger partial charge >= 0.3 is 6.09 Å². The number of carbonyl (C=O) groups is 3. The van der Waals surface area contributed by atoms with Gasteiger partial charge in [-0.1, -0.05) is 54.1 Å². The quantitative estimate of drug-likeness (QED) is 0.184. The first kappa shape index (κ1) is 34.6. The second-order valence-electron chi connectivity index (χ2n) is 12.0. The minimum atomic E-state index is -1.48. The van der Waals surface area contributed by atoms with Crippen LogP contribution in [0.1, 0.15) is 65.6 Å². The standard InChI is InChI=1S/C36H45FN4O5/c1-25-8-3-9-28(22-25)33-30(11-4-12-31(33)37)36(45,18-7-20-40-35(44)46-2)29-10-6-21-41(24-29)34(43)27-16-14-26(15-17-27)23-39-19-5-13-32(38)42/h3-4,8-9,11-12,14-17,22,29,39,45H,5-7,10,13,18-21,23-24H2,1-2H3,(H2,38,42)(H,40,44)/t29-,36+/m1/s1. The molecule has 0 unspecified atom stereocenters. The van der Waals surface area contributed by atoms with Crippen LogP contribution in [0.5, 0.6) is 0 Å². The lowest BCUT2D eigenvalue weighted by Crippen LogP contribution is -2.48. The van der Waals surface area contributed by atoms with Crippen molar-refractivity contribution in [1.29, 1.82) is 0 Å². The Morgan fingerprint density at radius 3 is 2.54 bits per heavy atom. The van der Waals surface area contributed by atoms with Crippen molar-refractivity contribution in [1.82, 2.24) is 15.5 Å². The lowest BCUT2D eigenvalue weighted by Gasteiger charge is -2.43. The Labute approximate surface area is 270 Å². The number of halogens is 1. The maximum Gasteiger partial charge on any atom is 0.406 e. The number of aryl methyl sites for hydroxylation is 1. The van der Waals surface area contributed by atoms with Crippen LogP contribution in [0.2, 0.25) is 0 Å². The van der Waals surface area contributed by atoms with Gasteiger partial charge in [0.05, 0.1) is 12.7 Å². The SMILES string of the molecule is COC(=O)NCCC[C@@](O)(c1cccc(F)c1-c1cccc(C)c1)[C@@H]1CCCN(C(=O)c2ccc(CNCCCC(N)=O)cc2)C1. The first-order chi connectivity index (χ1) is 22.1. The number of amides is 3. The number of ether oxygens (including phenoxy) is 1. The molecule has 246 valence electrons. The maximum atomic E-state index is 15.6. The number of piperidine rings is 1. The van der Waals surface area contributed by atoms with Gasteiger partial charge in [0.15, 0.2) is 0 Å². The summed E-state index contributed by atoms with van der Waals surface area (Å²) in [5, 5.41) is 18.6. The summed E-state index contributed by atoms with van der Waals surface area (Å²) in [5.41, 5.74) is 7.73. The summed E-state index contributed by atoms with van der Waals surface area (Å²) >= 11 is 0. The third-order valence-electron chi connectivity index (χ3n) is 8.67. The van der Waals surface area contributed by atoms with Gasteiger partial charge in [-0.2, -0.15) is 0 Å². The van der Waals surface area contributed by atoms with Crippen LogP contribution < -0.4 is 16.4 Å². The Hall–Kier alpha value is -4.28. The molecule has 3 amide bonds. The smallest absolute Gasteiger partial charge is 0.406 e. The zero-order valence-electron chi connectivity index (χ0n) is 26.7. The Morgan fingerprint density at radius 2 is 1.83 bits per heavy atom. The van der Waals surface area contributed by atoms with Crippen molar-refractivity contribution in [2.45, 2.75) is 57.6 Å². The number of methoxy groups -OCH3 is 1. The number of rotatable bonds is 14. The minimum absolute atomic E-state index is 0.126. The molecule has 0 aliphatic carbocycles. The summed E-state index contributed by atoms with van der Waals surface area (Å²) in [4.78, 5) is 38.1.